The van der Waals surface area contributed by atoms with Crippen LogP contribution < -0.4 is 0 Å². The van der Waals surface area contributed by atoms with Crippen molar-refractivity contribution in [3.05, 3.63) is 38.6 Å². The summed E-state index contributed by atoms with van der Waals surface area (Å²) in [6.07, 6.45) is 1.50. The molecule has 0 aliphatic rings. The average molecular weight is 306 g/mol. The third-order valence-electron chi connectivity index (χ3n) is 1.77. The van der Waals surface area contributed by atoms with Crippen molar-refractivity contribution < 1.29 is 9.90 Å². The van der Waals surface area contributed by atoms with Gasteiger partial charge in [0, 0.05) is 16.5 Å². The first-order valence-corrected chi connectivity index (χ1v) is 6.82. The highest BCUT2D eigenvalue weighted by Crippen LogP contribution is 2.34. The summed E-state index contributed by atoms with van der Waals surface area (Å²) in [6.45, 7) is 0. The largest absolute Gasteiger partial charge is 0.477 e. The molecule has 0 aromatic carbocycles. The standard InChI is InChI=1S/C10H5Cl2NO2S2/c11-5-1-7(12)9(13-3-5)17-6-2-8(10(14)15)16-4-6/h1-4H,(H,14,15). The minimum Gasteiger partial charge on any atom is -0.477 e. The highest BCUT2D eigenvalue weighted by Gasteiger charge is 2.10. The van der Waals surface area contributed by atoms with E-state index in [2.05, 4.69) is 4.98 Å². The van der Waals surface area contributed by atoms with Gasteiger partial charge in [-0.15, -0.1) is 11.3 Å². The molecule has 2 heterocycles. The van der Waals surface area contributed by atoms with Crippen LogP contribution in [0.1, 0.15) is 9.67 Å². The molecule has 2 aromatic rings. The predicted octanol–water partition coefficient (Wildman–Crippen LogP) is 4.30. The minimum atomic E-state index is -0.933. The van der Waals surface area contributed by atoms with Crippen molar-refractivity contribution in [1.82, 2.24) is 4.98 Å². The van der Waals surface area contributed by atoms with Gasteiger partial charge in [-0.2, -0.15) is 0 Å². The van der Waals surface area contributed by atoms with E-state index in [1.165, 1.54) is 29.3 Å². The molecule has 17 heavy (non-hydrogen) atoms. The van der Waals surface area contributed by atoms with Crippen LogP contribution in [0.25, 0.3) is 0 Å². The molecule has 0 amide bonds. The predicted molar refractivity (Wildman–Crippen MR) is 69.7 cm³/mol. The van der Waals surface area contributed by atoms with Gasteiger partial charge in [0.25, 0.3) is 0 Å². The molecule has 0 saturated heterocycles. The van der Waals surface area contributed by atoms with Crippen LogP contribution in [0, 0.1) is 0 Å². The summed E-state index contributed by atoms with van der Waals surface area (Å²) in [5.74, 6) is -0.933. The number of hydrogen-bond acceptors (Lipinski definition) is 4. The van der Waals surface area contributed by atoms with E-state index < -0.39 is 5.97 Å². The summed E-state index contributed by atoms with van der Waals surface area (Å²) in [6, 6.07) is 3.19. The van der Waals surface area contributed by atoms with Crippen molar-refractivity contribution >= 4 is 52.3 Å². The third-order valence-corrected chi connectivity index (χ3v) is 4.44. The van der Waals surface area contributed by atoms with Crippen LogP contribution in [0.4, 0.5) is 0 Å². The summed E-state index contributed by atoms with van der Waals surface area (Å²) >= 11 is 14.2. The zero-order valence-corrected chi connectivity index (χ0v) is 11.3. The molecule has 0 atom stereocenters. The van der Waals surface area contributed by atoms with E-state index in [-0.39, 0.29) is 4.88 Å². The number of carbonyl (C=O) groups is 1. The Morgan fingerprint density at radius 3 is 2.76 bits per heavy atom. The molecular weight excluding hydrogens is 301 g/mol. The number of nitrogens with zero attached hydrogens (tertiary/aromatic N) is 1. The Hall–Kier alpha value is -0.750. The number of halogens is 2. The molecule has 2 aromatic heterocycles. The Kier molecular flexibility index (Phi) is 3.93. The van der Waals surface area contributed by atoms with E-state index in [0.29, 0.717) is 15.1 Å². The van der Waals surface area contributed by atoms with Crippen molar-refractivity contribution in [3.8, 4) is 0 Å². The lowest BCUT2D eigenvalue weighted by Crippen LogP contribution is -1.89. The van der Waals surface area contributed by atoms with E-state index in [0.717, 1.165) is 4.90 Å². The number of rotatable bonds is 3. The molecule has 0 bridgehead atoms. The first kappa shape index (κ1) is 12.7. The molecule has 1 N–H and O–H groups in total. The van der Waals surface area contributed by atoms with Crippen LogP contribution in [-0.4, -0.2) is 16.1 Å². The Morgan fingerprint density at radius 2 is 2.18 bits per heavy atom. The zero-order valence-electron chi connectivity index (χ0n) is 8.18. The van der Waals surface area contributed by atoms with Crippen LogP contribution in [0.5, 0.6) is 0 Å². The Bertz CT molecular complexity index is 571. The van der Waals surface area contributed by atoms with E-state index in [1.54, 1.807) is 17.5 Å². The van der Waals surface area contributed by atoms with Gasteiger partial charge in [0.05, 0.1) is 10.0 Å². The highest BCUT2D eigenvalue weighted by atomic mass is 35.5. The van der Waals surface area contributed by atoms with Crippen molar-refractivity contribution in [2.75, 3.05) is 0 Å². The molecule has 0 spiro atoms. The topological polar surface area (TPSA) is 50.2 Å². The van der Waals surface area contributed by atoms with Gasteiger partial charge < -0.3 is 5.11 Å². The minimum absolute atomic E-state index is 0.289. The van der Waals surface area contributed by atoms with Crippen molar-refractivity contribution in [1.29, 1.82) is 0 Å². The monoisotopic (exact) mass is 305 g/mol. The van der Waals surface area contributed by atoms with Crippen LogP contribution >= 0.6 is 46.3 Å². The lowest BCUT2D eigenvalue weighted by Gasteiger charge is -2.00. The smallest absolute Gasteiger partial charge is 0.345 e. The fourth-order valence-corrected chi connectivity index (χ4v) is 3.25. The number of aromatic carboxylic acids is 1. The number of carboxylic acids is 1. The first-order chi connectivity index (χ1) is 8.06. The van der Waals surface area contributed by atoms with Crippen LogP contribution in [0.3, 0.4) is 0 Å². The van der Waals surface area contributed by atoms with Gasteiger partial charge in [0.1, 0.15) is 9.90 Å². The molecule has 0 fully saturated rings. The van der Waals surface area contributed by atoms with Gasteiger partial charge in [-0.05, 0) is 12.1 Å². The van der Waals surface area contributed by atoms with Gasteiger partial charge in [0.2, 0.25) is 0 Å². The third kappa shape index (κ3) is 3.13. The maximum atomic E-state index is 10.7. The second-order valence-electron chi connectivity index (χ2n) is 2.99. The number of aromatic nitrogens is 1. The lowest BCUT2D eigenvalue weighted by molar-refractivity contribution is 0.0702. The second kappa shape index (κ2) is 5.27. The summed E-state index contributed by atoms with van der Waals surface area (Å²) in [4.78, 5) is 15.9. The Morgan fingerprint density at radius 1 is 1.41 bits per heavy atom. The normalized spacial score (nSPS) is 10.5. The molecule has 0 saturated carbocycles. The van der Waals surface area contributed by atoms with Crippen molar-refractivity contribution in [2.45, 2.75) is 9.92 Å². The molecule has 0 unspecified atom stereocenters. The summed E-state index contributed by atoms with van der Waals surface area (Å²) in [5, 5.41) is 12.1. The summed E-state index contributed by atoms with van der Waals surface area (Å²) in [7, 11) is 0. The Balaban J connectivity index is 2.22. The van der Waals surface area contributed by atoms with Gasteiger partial charge in [-0.3, -0.25) is 0 Å². The summed E-state index contributed by atoms with van der Waals surface area (Å²) < 4.78 is 0. The van der Waals surface area contributed by atoms with Crippen molar-refractivity contribution in [2.24, 2.45) is 0 Å². The van der Waals surface area contributed by atoms with Gasteiger partial charge in [0.15, 0.2) is 0 Å². The van der Waals surface area contributed by atoms with Crippen LogP contribution in [0.15, 0.2) is 33.6 Å². The number of pyridine rings is 1. The fourth-order valence-electron chi connectivity index (χ4n) is 1.07. The molecule has 7 heteroatoms. The maximum Gasteiger partial charge on any atom is 0.345 e. The Labute approximate surface area is 115 Å². The summed E-state index contributed by atoms with van der Waals surface area (Å²) in [5.41, 5.74) is 0. The molecule has 2 rings (SSSR count). The quantitative estimate of drug-likeness (QED) is 0.918. The number of thiophene rings is 1. The SMILES string of the molecule is O=C(O)c1cc(Sc2ncc(Cl)cc2Cl)cs1. The van der Waals surface area contributed by atoms with E-state index in [1.807, 2.05) is 0 Å². The van der Waals surface area contributed by atoms with Crippen LogP contribution in [0.2, 0.25) is 10.0 Å². The number of hydrogen-bond donors (Lipinski definition) is 1. The zero-order chi connectivity index (χ0) is 12.4. The first-order valence-electron chi connectivity index (χ1n) is 4.37. The van der Waals surface area contributed by atoms with E-state index >= 15 is 0 Å². The van der Waals surface area contributed by atoms with Gasteiger partial charge in [-0.1, -0.05) is 35.0 Å². The number of carboxylic acid groups (broad SMARTS) is 1. The molecule has 0 aliphatic carbocycles. The van der Waals surface area contributed by atoms with Crippen LogP contribution in [-0.2, 0) is 0 Å². The van der Waals surface area contributed by atoms with Crippen molar-refractivity contribution in [3.63, 3.8) is 0 Å². The van der Waals surface area contributed by atoms with E-state index in [9.17, 15) is 4.79 Å². The maximum absolute atomic E-state index is 10.7. The van der Waals surface area contributed by atoms with Gasteiger partial charge in [-0.25, -0.2) is 9.78 Å². The molecule has 0 radical (unpaired) electrons. The lowest BCUT2D eigenvalue weighted by atomic mass is 10.5. The van der Waals surface area contributed by atoms with Gasteiger partial charge >= 0.3 is 5.97 Å². The highest BCUT2D eigenvalue weighted by molar-refractivity contribution is 7.99. The van der Waals surface area contributed by atoms with E-state index in [4.69, 9.17) is 28.3 Å². The second-order valence-corrected chi connectivity index (χ2v) is 5.81. The molecule has 3 nitrogen and oxygen atoms in total. The average Bonchev–Trinajstić information content (AvgIpc) is 2.71. The molecule has 88 valence electrons. The fraction of sp³-hybridized carbons (Fsp3) is 0. The molecule has 0 aliphatic heterocycles. The molecular formula is C10H5Cl2NO2S2.